The maximum atomic E-state index is 11.2. The van der Waals surface area contributed by atoms with Gasteiger partial charge < -0.3 is 30.5 Å². The summed E-state index contributed by atoms with van der Waals surface area (Å²) in [5.41, 5.74) is 4.59. The van der Waals surface area contributed by atoms with Gasteiger partial charge in [0.05, 0.1) is 18.3 Å². The van der Waals surface area contributed by atoms with Crippen LogP contribution in [0.1, 0.15) is 71.7 Å². The number of aliphatic hydroxyl groups excluding tert-OH is 2. The highest BCUT2D eigenvalue weighted by Crippen LogP contribution is 2.23. The molecular formula is C32H41NO6. The first kappa shape index (κ1) is 30.3. The van der Waals surface area contributed by atoms with Gasteiger partial charge >= 0.3 is 5.97 Å². The van der Waals surface area contributed by atoms with Gasteiger partial charge in [-0.1, -0.05) is 55.3 Å². The molecule has 0 saturated heterocycles. The summed E-state index contributed by atoms with van der Waals surface area (Å²) in [6, 6.07) is 20.1. The average Bonchev–Trinajstić information content (AvgIpc) is 2.95. The predicted octanol–water partition coefficient (Wildman–Crippen LogP) is 5.47. The van der Waals surface area contributed by atoms with E-state index in [4.69, 9.17) is 4.74 Å². The molecule has 7 nitrogen and oxygen atoms in total. The molecule has 0 aliphatic rings. The van der Waals surface area contributed by atoms with Crippen LogP contribution in [0.4, 0.5) is 0 Å². The smallest absolute Gasteiger partial charge is 0.335 e. The monoisotopic (exact) mass is 535 g/mol. The Hall–Kier alpha value is -3.23. The van der Waals surface area contributed by atoms with Crippen LogP contribution in [0.25, 0.3) is 11.1 Å². The molecule has 1 atom stereocenters. The first-order chi connectivity index (χ1) is 19.0. The number of aromatic carboxylic acids is 1. The van der Waals surface area contributed by atoms with Crippen molar-refractivity contribution in [2.24, 2.45) is 0 Å². The molecule has 210 valence electrons. The number of carbonyl (C=O) groups is 1. The predicted molar refractivity (Wildman–Crippen MR) is 153 cm³/mol. The van der Waals surface area contributed by atoms with Crippen LogP contribution in [0, 0.1) is 0 Å². The van der Waals surface area contributed by atoms with Crippen LogP contribution in [-0.2, 0) is 17.8 Å². The van der Waals surface area contributed by atoms with Crippen LogP contribution in [0.15, 0.2) is 66.7 Å². The van der Waals surface area contributed by atoms with Crippen molar-refractivity contribution in [3.05, 3.63) is 89.0 Å². The second-order valence-corrected chi connectivity index (χ2v) is 9.84. The van der Waals surface area contributed by atoms with Crippen molar-refractivity contribution in [3.63, 3.8) is 0 Å². The minimum Gasteiger partial charge on any atom is -0.508 e. The molecular weight excluding hydrogens is 494 g/mol. The first-order valence-electron chi connectivity index (χ1n) is 13.8. The Morgan fingerprint density at radius 3 is 2.33 bits per heavy atom. The summed E-state index contributed by atoms with van der Waals surface area (Å²) in [6.45, 7) is 2.53. The van der Waals surface area contributed by atoms with Crippen molar-refractivity contribution in [1.82, 2.24) is 5.32 Å². The minimum atomic E-state index is -0.914. The number of rotatable bonds is 18. The molecule has 0 aliphatic carbocycles. The van der Waals surface area contributed by atoms with E-state index in [1.54, 1.807) is 30.3 Å². The van der Waals surface area contributed by atoms with Gasteiger partial charge in [-0.25, -0.2) is 4.79 Å². The molecule has 0 bridgehead atoms. The Labute approximate surface area is 231 Å². The SMILES string of the molecule is O=C(O)c1cccc(-c2cccc(CCCCOCCCCCCNC[C@H](O)c3ccc(O)c(CO)c3)c2)c1. The molecule has 0 spiro atoms. The van der Waals surface area contributed by atoms with E-state index in [9.17, 15) is 25.2 Å². The number of carboxylic acids is 1. The molecule has 39 heavy (non-hydrogen) atoms. The van der Waals surface area contributed by atoms with Gasteiger partial charge in [-0.05, 0) is 85.2 Å². The Bertz CT molecular complexity index is 1160. The molecule has 0 fully saturated rings. The fraction of sp³-hybridized carbons (Fsp3) is 0.406. The van der Waals surface area contributed by atoms with Gasteiger partial charge in [0.2, 0.25) is 0 Å². The number of ether oxygens (including phenoxy) is 1. The Morgan fingerprint density at radius 2 is 1.56 bits per heavy atom. The second kappa shape index (κ2) is 16.7. The lowest BCUT2D eigenvalue weighted by molar-refractivity contribution is 0.0697. The zero-order valence-electron chi connectivity index (χ0n) is 22.5. The second-order valence-electron chi connectivity index (χ2n) is 9.84. The number of phenols is 1. The van der Waals surface area contributed by atoms with E-state index in [1.165, 1.54) is 11.6 Å². The fourth-order valence-electron chi connectivity index (χ4n) is 4.48. The van der Waals surface area contributed by atoms with Crippen molar-refractivity contribution in [3.8, 4) is 16.9 Å². The molecule has 3 aromatic rings. The highest BCUT2D eigenvalue weighted by molar-refractivity contribution is 5.89. The van der Waals surface area contributed by atoms with E-state index in [2.05, 4.69) is 17.4 Å². The summed E-state index contributed by atoms with van der Waals surface area (Å²) in [4.78, 5) is 11.2. The molecule has 0 saturated carbocycles. The third kappa shape index (κ3) is 10.5. The quantitative estimate of drug-likeness (QED) is 0.137. The summed E-state index contributed by atoms with van der Waals surface area (Å²) in [5.74, 6) is -0.877. The van der Waals surface area contributed by atoms with Crippen LogP contribution >= 0.6 is 0 Å². The van der Waals surface area contributed by atoms with E-state index >= 15 is 0 Å². The van der Waals surface area contributed by atoms with Crippen LogP contribution in [0.2, 0.25) is 0 Å². The van der Waals surface area contributed by atoms with Crippen LogP contribution in [0.5, 0.6) is 5.75 Å². The lowest BCUT2D eigenvalue weighted by Gasteiger charge is -2.14. The zero-order valence-corrected chi connectivity index (χ0v) is 22.5. The summed E-state index contributed by atoms with van der Waals surface area (Å²) < 4.78 is 5.80. The normalized spacial score (nSPS) is 11.9. The molecule has 0 unspecified atom stereocenters. The molecule has 5 N–H and O–H groups in total. The van der Waals surface area contributed by atoms with E-state index < -0.39 is 12.1 Å². The summed E-state index contributed by atoms with van der Waals surface area (Å²) in [6.07, 6.45) is 6.62. The van der Waals surface area contributed by atoms with Crippen LogP contribution in [-0.4, -0.2) is 52.7 Å². The number of aryl methyl sites for hydroxylation is 1. The number of unbranched alkanes of at least 4 members (excludes halogenated alkanes) is 4. The number of aliphatic hydroxyl groups is 2. The van der Waals surface area contributed by atoms with Crippen LogP contribution in [0.3, 0.4) is 0 Å². The standard InChI is InChI=1S/C32H41NO6/c34-23-29-21-27(14-15-30(29)35)31(36)22-33-16-4-1-2-5-17-39-18-6-3-9-24-10-7-11-25(19-24)26-12-8-13-28(20-26)32(37)38/h7-8,10-15,19-21,31,33-36H,1-6,9,16-18,22-23H2,(H,37,38)/t31-/m0/s1. The minimum absolute atomic E-state index is 0.0374. The zero-order chi connectivity index (χ0) is 27.9. The van der Waals surface area contributed by atoms with Crippen molar-refractivity contribution < 1.29 is 30.0 Å². The van der Waals surface area contributed by atoms with Gasteiger partial charge in [0.25, 0.3) is 0 Å². The fourth-order valence-corrected chi connectivity index (χ4v) is 4.48. The first-order valence-corrected chi connectivity index (χ1v) is 13.8. The molecule has 3 aromatic carbocycles. The third-order valence-electron chi connectivity index (χ3n) is 6.76. The molecule has 0 amide bonds. The van der Waals surface area contributed by atoms with Crippen molar-refractivity contribution >= 4 is 5.97 Å². The molecule has 0 aliphatic heterocycles. The van der Waals surface area contributed by atoms with Crippen molar-refractivity contribution in [2.45, 2.75) is 57.7 Å². The molecule has 7 heteroatoms. The number of hydrogen-bond acceptors (Lipinski definition) is 6. The van der Waals surface area contributed by atoms with E-state index in [1.807, 2.05) is 18.2 Å². The van der Waals surface area contributed by atoms with E-state index in [-0.39, 0.29) is 12.4 Å². The van der Waals surface area contributed by atoms with Gasteiger partial charge in [0.15, 0.2) is 0 Å². The Morgan fingerprint density at radius 1 is 0.846 bits per heavy atom. The highest BCUT2D eigenvalue weighted by atomic mass is 16.5. The number of aromatic hydroxyl groups is 1. The summed E-state index contributed by atoms with van der Waals surface area (Å²) in [5, 5.41) is 41.6. The third-order valence-corrected chi connectivity index (χ3v) is 6.76. The number of hydrogen-bond donors (Lipinski definition) is 5. The Balaban J connectivity index is 1.19. The Kier molecular flexibility index (Phi) is 13.0. The maximum Gasteiger partial charge on any atom is 0.335 e. The average molecular weight is 536 g/mol. The largest absolute Gasteiger partial charge is 0.508 e. The van der Waals surface area contributed by atoms with Gasteiger partial charge in [-0.15, -0.1) is 0 Å². The van der Waals surface area contributed by atoms with Gasteiger partial charge in [0.1, 0.15) is 5.75 Å². The maximum absolute atomic E-state index is 11.2. The lowest BCUT2D eigenvalue weighted by atomic mass is 9.99. The van der Waals surface area contributed by atoms with Crippen LogP contribution < -0.4 is 5.32 Å². The van der Waals surface area contributed by atoms with E-state index in [0.717, 1.165) is 75.8 Å². The number of benzene rings is 3. The molecule has 0 radical (unpaired) electrons. The molecule has 3 rings (SSSR count). The lowest BCUT2D eigenvalue weighted by Crippen LogP contribution is -2.22. The topological polar surface area (TPSA) is 119 Å². The summed E-state index contributed by atoms with van der Waals surface area (Å²) in [7, 11) is 0. The summed E-state index contributed by atoms with van der Waals surface area (Å²) >= 11 is 0. The van der Waals surface area contributed by atoms with E-state index in [0.29, 0.717) is 23.2 Å². The molecule has 0 heterocycles. The highest BCUT2D eigenvalue weighted by Gasteiger charge is 2.10. The molecule has 0 aromatic heterocycles. The van der Waals surface area contributed by atoms with Crippen molar-refractivity contribution in [1.29, 1.82) is 0 Å². The van der Waals surface area contributed by atoms with Gasteiger partial charge in [-0.2, -0.15) is 0 Å². The number of carboxylic acid groups (broad SMARTS) is 1. The van der Waals surface area contributed by atoms with Gasteiger partial charge in [-0.3, -0.25) is 0 Å². The number of nitrogens with one attached hydrogen (secondary N) is 1. The van der Waals surface area contributed by atoms with Gasteiger partial charge in [0, 0.05) is 25.3 Å². The van der Waals surface area contributed by atoms with Crippen molar-refractivity contribution in [2.75, 3.05) is 26.3 Å².